The van der Waals surface area contributed by atoms with Gasteiger partial charge in [-0.3, -0.25) is 14.4 Å². The Hall–Kier alpha value is -2.10. The van der Waals surface area contributed by atoms with Crippen molar-refractivity contribution in [3.8, 4) is 0 Å². The largest absolute Gasteiger partial charge is 0.490 e. The quantitative estimate of drug-likeness (QED) is 0.818. The zero-order chi connectivity index (χ0) is 19.4. The van der Waals surface area contributed by atoms with Gasteiger partial charge in [-0.05, 0) is 44.8 Å². The maximum absolute atomic E-state index is 12.1. The fraction of sp³-hybridized carbons (Fsp3) is 0.688. The van der Waals surface area contributed by atoms with Crippen molar-refractivity contribution < 1.29 is 27.9 Å². The molecule has 0 unspecified atom stereocenters. The summed E-state index contributed by atoms with van der Waals surface area (Å²) in [6, 6.07) is 2.07. The first kappa shape index (κ1) is 20.2. The summed E-state index contributed by atoms with van der Waals surface area (Å²) in [7, 11) is 1.98. The van der Waals surface area contributed by atoms with Gasteiger partial charge in [-0.25, -0.2) is 4.79 Å². The Morgan fingerprint density at radius 2 is 1.96 bits per heavy atom. The zero-order valence-corrected chi connectivity index (χ0v) is 14.6. The van der Waals surface area contributed by atoms with Crippen molar-refractivity contribution in [3.05, 3.63) is 18.0 Å². The van der Waals surface area contributed by atoms with E-state index in [9.17, 15) is 18.0 Å². The summed E-state index contributed by atoms with van der Waals surface area (Å²) in [5, 5.41) is 14.4. The molecule has 2 fully saturated rings. The number of aryl methyl sites for hydroxylation is 1. The highest BCUT2D eigenvalue weighted by molar-refractivity contribution is 5.83. The van der Waals surface area contributed by atoms with Crippen molar-refractivity contribution >= 4 is 11.9 Å². The fourth-order valence-electron chi connectivity index (χ4n) is 3.33. The molecule has 2 saturated heterocycles. The lowest BCUT2D eigenvalue weighted by Crippen LogP contribution is -2.51. The molecule has 0 radical (unpaired) electrons. The van der Waals surface area contributed by atoms with E-state index in [1.54, 1.807) is 0 Å². The highest BCUT2D eigenvalue weighted by Gasteiger charge is 2.42. The smallest absolute Gasteiger partial charge is 0.475 e. The maximum Gasteiger partial charge on any atom is 0.490 e. The van der Waals surface area contributed by atoms with Gasteiger partial charge in [0, 0.05) is 26.3 Å². The number of aliphatic carboxylic acids is 1. The molecular weight excluding hydrogens is 353 g/mol. The Labute approximate surface area is 149 Å². The monoisotopic (exact) mass is 376 g/mol. The number of carboxylic acids is 1. The van der Waals surface area contributed by atoms with Crippen molar-refractivity contribution in [1.82, 2.24) is 20.0 Å². The molecule has 0 aliphatic carbocycles. The normalized spacial score (nSPS) is 20.2. The Morgan fingerprint density at radius 1 is 1.35 bits per heavy atom. The molecule has 0 bridgehead atoms. The van der Waals surface area contributed by atoms with E-state index in [2.05, 4.69) is 21.4 Å². The third-order valence-electron chi connectivity index (χ3n) is 4.96. The second-order valence-corrected chi connectivity index (χ2v) is 6.66. The van der Waals surface area contributed by atoms with Crippen molar-refractivity contribution in [1.29, 1.82) is 0 Å². The van der Waals surface area contributed by atoms with Gasteiger partial charge in [0.05, 0.1) is 11.1 Å². The van der Waals surface area contributed by atoms with Crippen molar-refractivity contribution in [3.63, 3.8) is 0 Å². The van der Waals surface area contributed by atoms with Gasteiger partial charge < -0.3 is 10.4 Å². The molecule has 2 aliphatic heterocycles. The number of hydrogen-bond acceptors (Lipinski definition) is 4. The molecule has 146 valence electrons. The van der Waals surface area contributed by atoms with Gasteiger partial charge in [0.15, 0.2) is 0 Å². The molecule has 1 aromatic rings. The molecule has 10 heteroatoms. The lowest BCUT2D eigenvalue weighted by atomic mass is 9.72. The number of carboxylic acid groups (broad SMARTS) is 1. The van der Waals surface area contributed by atoms with Crippen LogP contribution in [-0.2, 0) is 23.2 Å². The minimum atomic E-state index is -5.08. The van der Waals surface area contributed by atoms with Gasteiger partial charge >= 0.3 is 12.1 Å². The molecule has 0 atom stereocenters. The summed E-state index contributed by atoms with van der Waals surface area (Å²) in [6.45, 7) is 3.82. The van der Waals surface area contributed by atoms with Crippen molar-refractivity contribution in [2.24, 2.45) is 12.5 Å². The molecule has 3 heterocycles. The van der Waals surface area contributed by atoms with Crippen LogP contribution in [0.5, 0.6) is 0 Å². The molecular formula is C16H23F3N4O3. The minimum Gasteiger partial charge on any atom is -0.475 e. The van der Waals surface area contributed by atoms with Gasteiger partial charge in [-0.2, -0.15) is 18.3 Å². The van der Waals surface area contributed by atoms with E-state index in [1.165, 1.54) is 5.69 Å². The summed E-state index contributed by atoms with van der Waals surface area (Å²) >= 11 is 0. The predicted octanol–water partition coefficient (Wildman–Crippen LogP) is 1.55. The Balaban J connectivity index is 0.000000298. The predicted molar refractivity (Wildman–Crippen MR) is 86.1 cm³/mol. The van der Waals surface area contributed by atoms with E-state index in [-0.39, 0.29) is 5.41 Å². The van der Waals surface area contributed by atoms with Crippen LogP contribution in [0.1, 0.15) is 31.4 Å². The number of carbonyl (C=O) groups excluding carboxylic acids is 1. The van der Waals surface area contributed by atoms with Gasteiger partial charge in [0.25, 0.3) is 0 Å². The molecule has 7 nitrogen and oxygen atoms in total. The number of carbonyl (C=O) groups is 2. The van der Waals surface area contributed by atoms with E-state index in [0.29, 0.717) is 5.91 Å². The molecule has 1 aromatic heterocycles. The van der Waals surface area contributed by atoms with E-state index in [4.69, 9.17) is 9.90 Å². The van der Waals surface area contributed by atoms with Crippen LogP contribution >= 0.6 is 0 Å². The molecule has 2 N–H and O–H groups in total. The van der Waals surface area contributed by atoms with Crippen LogP contribution in [0.3, 0.4) is 0 Å². The maximum atomic E-state index is 12.1. The first-order valence-electron chi connectivity index (χ1n) is 8.42. The van der Waals surface area contributed by atoms with Crippen molar-refractivity contribution in [2.45, 2.75) is 38.4 Å². The van der Waals surface area contributed by atoms with E-state index in [0.717, 1.165) is 51.9 Å². The van der Waals surface area contributed by atoms with Crippen molar-refractivity contribution in [2.75, 3.05) is 19.6 Å². The molecule has 1 spiro atoms. The third-order valence-corrected chi connectivity index (χ3v) is 4.96. The molecule has 0 saturated carbocycles. The second-order valence-electron chi connectivity index (χ2n) is 6.66. The third kappa shape index (κ3) is 4.96. The number of nitrogens with one attached hydrogen (secondary N) is 1. The van der Waals surface area contributed by atoms with Crippen LogP contribution in [-0.4, -0.2) is 57.5 Å². The molecule has 1 amide bonds. The van der Waals surface area contributed by atoms with Gasteiger partial charge in [0.2, 0.25) is 5.91 Å². The number of aromatic nitrogens is 2. The lowest BCUT2D eigenvalue weighted by molar-refractivity contribution is -0.192. The van der Waals surface area contributed by atoms with E-state index in [1.807, 2.05) is 17.9 Å². The van der Waals surface area contributed by atoms with Crippen LogP contribution in [0.15, 0.2) is 12.3 Å². The van der Waals surface area contributed by atoms with Crippen LogP contribution in [0, 0.1) is 5.41 Å². The number of likely N-dealkylation sites (tertiary alicyclic amines) is 1. The lowest BCUT2D eigenvalue weighted by Gasteiger charge is -2.42. The first-order valence-corrected chi connectivity index (χ1v) is 8.42. The summed E-state index contributed by atoms with van der Waals surface area (Å²) in [6.07, 6.45) is 0.953. The molecule has 26 heavy (non-hydrogen) atoms. The van der Waals surface area contributed by atoms with E-state index < -0.39 is 12.1 Å². The van der Waals surface area contributed by atoms with Gasteiger partial charge in [-0.1, -0.05) is 0 Å². The highest BCUT2D eigenvalue weighted by Crippen LogP contribution is 2.38. The van der Waals surface area contributed by atoms with E-state index >= 15 is 0 Å². The van der Waals surface area contributed by atoms with Crippen LogP contribution in [0.4, 0.5) is 13.2 Å². The summed E-state index contributed by atoms with van der Waals surface area (Å²) < 4.78 is 33.7. The molecule has 3 rings (SSSR count). The van der Waals surface area contributed by atoms with Gasteiger partial charge in [-0.15, -0.1) is 0 Å². The number of amides is 1. The SMILES string of the molecule is Cn1nccc1CN1CCC2(CCCNC2=O)CC1.O=C(O)C(F)(F)F. The topological polar surface area (TPSA) is 87.5 Å². The Bertz CT molecular complexity index is 637. The number of alkyl halides is 3. The molecule has 2 aliphatic rings. The number of nitrogens with zero attached hydrogens (tertiary/aromatic N) is 3. The number of hydrogen-bond donors (Lipinski definition) is 2. The fourth-order valence-corrected chi connectivity index (χ4v) is 3.33. The summed E-state index contributed by atoms with van der Waals surface area (Å²) in [5.74, 6) is -2.47. The standard InChI is InChI=1S/C14H22N4O.C2HF3O2/c1-17-12(3-8-16-17)11-18-9-5-14(6-10-18)4-2-7-15-13(14)19;3-2(4,5)1(6)7/h3,8H,2,4-7,9-11H2,1H3,(H,15,19);(H,6,7). The average molecular weight is 376 g/mol. The zero-order valence-electron chi connectivity index (χ0n) is 14.6. The molecule has 0 aromatic carbocycles. The minimum absolute atomic E-state index is 0.0682. The first-order chi connectivity index (χ1) is 12.1. The Morgan fingerprint density at radius 3 is 2.42 bits per heavy atom. The van der Waals surface area contributed by atoms with Gasteiger partial charge in [0.1, 0.15) is 0 Å². The summed E-state index contributed by atoms with van der Waals surface area (Å²) in [4.78, 5) is 23.4. The van der Waals surface area contributed by atoms with Crippen LogP contribution in [0.2, 0.25) is 0 Å². The second kappa shape index (κ2) is 8.07. The Kier molecular flexibility index (Phi) is 6.27. The average Bonchev–Trinajstić information content (AvgIpc) is 2.97. The van der Waals surface area contributed by atoms with Crippen LogP contribution in [0.25, 0.3) is 0 Å². The van der Waals surface area contributed by atoms with Crippen LogP contribution < -0.4 is 5.32 Å². The number of rotatable bonds is 2. The summed E-state index contributed by atoms with van der Waals surface area (Å²) in [5.41, 5.74) is 1.17. The number of piperidine rings is 2. The highest BCUT2D eigenvalue weighted by atomic mass is 19.4. The number of halogens is 3.